The Labute approximate surface area is 195 Å². The Morgan fingerprint density at radius 3 is 2.26 bits per heavy atom. The molecule has 0 atom stereocenters. The summed E-state index contributed by atoms with van der Waals surface area (Å²) in [5.41, 5.74) is 1.26. The Bertz CT molecular complexity index is 1060. The van der Waals surface area contributed by atoms with Gasteiger partial charge in [0.1, 0.15) is 0 Å². The molecule has 0 spiro atoms. The van der Waals surface area contributed by atoms with Crippen LogP contribution in [0, 0.1) is 0 Å². The summed E-state index contributed by atoms with van der Waals surface area (Å²) in [6.45, 7) is 0.752. The third kappa shape index (κ3) is 4.85. The summed E-state index contributed by atoms with van der Waals surface area (Å²) in [4.78, 5) is 30.3. The first-order chi connectivity index (χ1) is 14.8. The molecule has 0 N–H and O–H groups in total. The van der Waals surface area contributed by atoms with Crippen LogP contribution in [0.2, 0.25) is 10.0 Å². The van der Waals surface area contributed by atoms with Crippen LogP contribution in [-0.2, 0) is 9.59 Å². The van der Waals surface area contributed by atoms with Crippen molar-refractivity contribution in [3.8, 4) is 11.5 Å². The molecule has 0 radical (unpaired) electrons. The molecular formula is C22H22Cl2N2O4S. The van der Waals surface area contributed by atoms with E-state index in [2.05, 4.69) is 0 Å². The second kappa shape index (κ2) is 9.96. The first-order valence-electron chi connectivity index (χ1n) is 9.36. The number of imide groups is 1. The van der Waals surface area contributed by atoms with E-state index in [-0.39, 0.29) is 5.02 Å². The zero-order valence-electron chi connectivity index (χ0n) is 17.6. The van der Waals surface area contributed by atoms with Gasteiger partial charge in [-0.3, -0.25) is 9.59 Å². The third-order valence-electron chi connectivity index (χ3n) is 4.66. The molecule has 164 valence electrons. The fourth-order valence-electron chi connectivity index (χ4n) is 3.08. The van der Waals surface area contributed by atoms with Crippen LogP contribution in [0.5, 0.6) is 11.5 Å². The average molecular weight is 481 g/mol. The molecule has 0 unspecified atom stereocenters. The highest BCUT2D eigenvalue weighted by atomic mass is 35.5. The molecule has 2 aromatic carbocycles. The maximum absolute atomic E-state index is 13.4. The molecule has 0 fully saturated rings. The second-order valence-corrected chi connectivity index (χ2v) is 8.89. The smallest absolute Gasteiger partial charge is 0.272 e. The summed E-state index contributed by atoms with van der Waals surface area (Å²) in [7, 11) is 6.96. The zero-order chi connectivity index (χ0) is 22.7. The van der Waals surface area contributed by atoms with E-state index in [0.29, 0.717) is 44.0 Å². The van der Waals surface area contributed by atoms with E-state index in [1.165, 1.54) is 32.0 Å². The first-order valence-corrected chi connectivity index (χ1v) is 11.1. The Kier molecular flexibility index (Phi) is 7.54. The van der Waals surface area contributed by atoms with Crippen molar-refractivity contribution in [1.29, 1.82) is 0 Å². The van der Waals surface area contributed by atoms with E-state index in [1.54, 1.807) is 30.3 Å². The quantitative estimate of drug-likeness (QED) is 0.515. The van der Waals surface area contributed by atoms with Crippen molar-refractivity contribution in [1.82, 2.24) is 4.90 Å². The molecule has 0 bridgehead atoms. The van der Waals surface area contributed by atoms with Gasteiger partial charge in [0.2, 0.25) is 0 Å². The van der Waals surface area contributed by atoms with Crippen molar-refractivity contribution >= 4 is 58.0 Å². The maximum Gasteiger partial charge on any atom is 0.272 e. The van der Waals surface area contributed by atoms with Crippen LogP contribution in [0.4, 0.5) is 5.69 Å². The monoisotopic (exact) mass is 480 g/mol. The highest BCUT2D eigenvalue weighted by molar-refractivity contribution is 8.04. The lowest BCUT2D eigenvalue weighted by Crippen LogP contribution is -2.31. The number of thioether (sulfide) groups is 1. The molecule has 31 heavy (non-hydrogen) atoms. The largest absolute Gasteiger partial charge is 0.493 e. The maximum atomic E-state index is 13.4. The predicted octanol–water partition coefficient (Wildman–Crippen LogP) is 4.59. The van der Waals surface area contributed by atoms with E-state index in [9.17, 15) is 9.59 Å². The van der Waals surface area contributed by atoms with Crippen molar-refractivity contribution in [3.63, 3.8) is 0 Å². The minimum absolute atomic E-state index is 0.265. The average Bonchev–Trinajstić information content (AvgIpc) is 2.99. The summed E-state index contributed by atoms with van der Waals surface area (Å²) >= 11 is 13.5. The SMILES string of the molecule is COc1ccc(C2=C(SCCN(C)C)C(=O)N(c3ccc(Cl)c(Cl)c3)C2=O)cc1OC. The lowest BCUT2D eigenvalue weighted by Gasteiger charge is -2.16. The molecular weight excluding hydrogens is 459 g/mol. The summed E-state index contributed by atoms with van der Waals surface area (Å²) in [5.74, 6) is 0.831. The fourth-order valence-corrected chi connectivity index (χ4v) is 4.60. The van der Waals surface area contributed by atoms with Crippen molar-refractivity contribution in [2.75, 3.05) is 45.5 Å². The number of hydrogen-bond donors (Lipinski definition) is 0. The molecule has 0 saturated heterocycles. The van der Waals surface area contributed by atoms with Gasteiger partial charge in [0.05, 0.1) is 40.4 Å². The van der Waals surface area contributed by atoms with E-state index in [0.717, 1.165) is 11.4 Å². The van der Waals surface area contributed by atoms with Crippen LogP contribution < -0.4 is 14.4 Å². The molecule has 1 aliphatic heterocycles. The van der Waals surface area contributed by atoms with Gasteiger partial charge in [0.25, 0.3) is 11.8 Å². The first kappa shape index (κ1) is 23.5. The van der Waals surface area contributed by atoms with Crippen molar-refractivity contribution in [2.24, 2.45) is 0 Å². The minimum Gasteiger partial charge on any atom is -0.493 e. The number of amides is 2. The van der Waals surface area contributed by atoms with Gasteiger partial charge >= 0.3 is 0 Å². The number of nitrogens with zero attached hydrogens (tertiary/aromatic N) is 2. The molecule has 0 aromatic heterocycles. The Hall–Kier alpha value is -2.19. The molecule has 2 amide bonds. The van der Waals surface area contributed by atoms with Crippen molar-refractivity contribution in [2.45, 2.75) is 0 Å². The van der Waals surface area contributed by atoms with Gasteiger partial charge in [0.15, 0.2) is 11.5 Å². The third-order valence-corrected chi connectivity index (χ3v) is 6.45. The highest BCUT2D eigenvalue weighted by Gasteiger charge is 2.40. The highest BCUT2D eigenvalue weighted by Crippen LogP contribution is 2.41. The van der Waals surface area contributed by atoms with Crippen LogP contribution in [0.25, 0.3) is 5.57 Å². The van der Waals surface area contributed by atoms with Crippen molar-refractivity contribution < 1.29 is 19.1 Å². The van der Waals surface area contributed by atoms with Gasteiger partial charge in [-0.2, -0.15) is 0 Å². The molecule has 9 heteroatoms. The summed E-state index contributed by atoms with van der Waals surface area (Å²) in [6, 6.07) is 9.83. The number of anilines is 1. The summed E-state index contributed by atoms with van der Waals surface area (Å²) in [6.07, 6.45) is 0. The Morgan fingerprint density at radius 1 is 0.935 bits per heavy atom. The van der Waals surface area contributed by atoms with E-state index < -0.39 is 11.8 Å². The normalized spacial score (nSPS) is 14.1. The van der Waals surface area contributed by atoms with Crippen LogP contribution in [0.15, 0.2) is 41.3 Å². The van der Waals surface area contributed by atoms with Crippen LogP contribution in [0.1, 0.15) is 5.56 Å². The molecule has 1 heterocycles. The van der Waals surface area contributed by atoms with Gasteiger partial charge in [-0.05, 0) is 50.0 Å². The molecule has 1 aliphatic rings. The lowest BCUT2D eigenvalue weighted by molar-refractivity contribution is -0.119. The van der Waals surface area contributed by atoms with E-state index >= 15 is 0 Å². The second-order valence-electron chi connectivity index (χ2n) is 6.97. The van der Waals surface area contributed by atoms with Gasteiger partial charge in [-0.15, -0.1) is 11.8 Å². The van der Waals surface area contributed by atoms with E-state index in [1.807, 2.05) is 19.0 Å². The molecule has 0 aliphatic carbocycles. The number of rotatable bonds is 8. The lowest BCUT2D eigenvalue weighted by atomic mass is 10.1. The zero-order valence-corrected chi connectivity index (χ0v) is 19.9. The number of ether oxygens (including phenoxy) is 2. The summed E-state index contributed by atoms with van der Waals surface area (Å²) in [5, 5.41) is 0.610. The van der Waals surface area contributed by atoms with E-state index in [4.69, 9.17) is 32.7 Å². The van der Waals surface area contributed by atoms with Gasteiger partial charge in [-0.25, -0.2) is 4.90 Å². The van der Waals surface area contributed by atoms with Gasteiger partial charge in [-0.1, -0.05) is 29.3 Å². The number of benzene rings is 2. The number of halogens is 2. The molecule has 3 rings (SSSR count). The Balaban J connectivity index is 2.08. The van der Waals surface area contributed by atoms with Crippen LogP contribution in [-0.4, -0.2) is 57.3 Å². The number of methoxy groups -OCH3 is 2. The topological polar surface area (TPSA) is 59.1 Å². The van der Waals surface area contributed by atoms with Gasteiger partial charge < -0.3 is 14.4 Å². The standard InChI is InChI=1S/C22H22Cl2N2O4S/c1-25(2)9-10-31-20-19(13-5-8-17(29-3)18(11-13)30-4)21(27)26(22(20)28)14-6-7-15(23)16(24)12-14/h5-8,11-12H,9-10H2,1-4H3. The Morgan fingerprint density at radius 2 is 1.65 bits per heavy atom. The summed E-state index contributed by atoms with van der Waals surface area (Å²) < 4.78 is 10.7. The van der Waals surface area contributed by atoms with Crippen LogP contribution >= 0.6 is 35.0 Å². The minimum atomic E-state index is -0.428. The van der Waals surface area contributed by atoms with Gasteiger partial charge in [0, 0.05) is 12.3 Å². The number of hydrogen-bond acceptors (Lipinski definition) is 6. The molecule has 0 saturated carbocycles. The van der Waals surface area contributed by atoms with Crippen molar-refractivity contribution in [3.05, 3.63) is 56.9 Å². The molecule has 2 aromatic rings. The number of carbonyl (C=O) groups is 2. The predicted molar refractivity (Wildman–Crippen MR) is 126 cm³/mol. The number of carbonyl (C=O) groups excluding carboxylic acids is 2. The fraction of sp³-hybridized carbons (Fsp3) is 0.273. The van der Waals surface area contributed by atoms with Crippen LogP contribution in [0.3, 0.4) is 0 Å². The molecule has 6 nitrogen and oxygen atoms in total.